The van der Waals surface area contributed by atoms with E-state index < -0.39 is 0 Å². The van der Waals surface area contributed by atoms with Gasteiger partial charge < -0.3 is 9.69 Å². The summed E-state index contributed by atoms with van der Waals surface area (Å²) >= 11 is 0. The molecule has 0 spiro atoms. The average molecular weight is 233 g/mol. The van der Waals surface area contributed by atoms with E-state index in [0.29, 0.717) is 0 Å². The van der Waals surface area contributed by atoms with Gasteiger partial charge in [0, 0.05) is 24.2 Å². The molecule has 0 N–H and O–H groups in total. The van der Waals surface area contributed by atoms with Crippen molar-refractivity contribution >= 4 is 12.0 Å². The zero-order valence-electron chi connectivity index (χ0n) is 11.1. The smallest absolute Gasteiger partial charge is 0.127 e. The second kappa shape index (κ2) is 6.43. The van der Waals surface area contributed by atoms with Crippen LogP contribution in [0.15, 0.2) is 30.3 Å². The molecule has 0 aliphatic carbocycles. The van der Waals surface area contributed by atoms with Crippen molar-refractivity contribution in [2.45, 2.75) is 33.6 Å². The first-order valence-corrected chi connectivity index (χ1v) is 6.35. The lowest BCUT2D eigenvalue weighted by Gasteiger charge is -2.31. The minimum absolute atomic E-state index is 0.288. The fourth-order valence-corrected chi connectivity index (χ4v) is 1.82. The summed E-state index contributed by atoms with van der Waals surface area (Å²) < 4.78 is 0. The molecule has 0 saturated heterocycles. The van der Waals surface area contributed by atoms with Gasteiger partial charge in [-0.05, 0) is 18.6 Å². The molecule has 0 atom stereocenters. The van der Waals surface area contributed by atoms with Crippen LogP contribution in [-0.2, 0) is 4.79 Å². The fourth-order valence-electron chi connectivity index (χ4n) is 1.82. The Bertz CT molecular complexity index is 332. The van der Waals surface area contributed by atoms with E-state index in [0.717, 1.165) is 25.8 Å². The number of unbranched alkanes of at least 4 members (excludes halogenated alkanes) is 1. The maximum Gasteiger partial charge on any atom is 0.127 e. The van der Waals surface area contributed by atoms with Crippen molar-refractivity contribution in [3.63, 3.8) is 0 Å². The molecule has 17 heavy (non-hydrogen) atoms. The molecule has 1 rings (SSSR count). The van der Waals surface area contributed by atoms with E-state index in [1.54, 1.807) is 0 Å². The predicted octanol–water partition coefficient (Wildman–Crippen LogP) is 3.52. The van der Waals surface area contributed by atoms with E-state index in [4.69, 9.17) is 0 Å². The van der Waals surface area contributed by atoms with Gasteiger partial charge in [0.15, 0.2) is 0 Å². The van der Waals surface area contributed by atoms with Gasteiger partial charge in [-0.3, -0.25) is 0 Å². The van der Waals surface area contributed by atoms with Crippen molar-refractivity contribution in [2.24, 2.45) is 5.41 Å². The van der Waals surface area contributed by atoms with Gasteiger partial charge in [-0.15, -0.1) is 0 Å². The first-order chi connectivity index (χ1) is 8.09. The first-order valence-electron chi connectivity index (χ1n) is 6.35. The monoisotopic (exact) mass is 233 g/mol. The summed E-state index contributed by atoms with van der Waals surface area (Å²) in [4.78, 5) is 13.3. The van der Waals surface area contributed by atoms with Crippen LogP contribution in [0.3, 0.4) is 0 Å². The molecule has 0 aliphatic rings. The van der Waals surface area contributed by atoms with E-state index in [1.807, 2.05) is 32.0 Å². The van der Waals surface area contributed by atoms with E-state index in [-0.39, 0.29) is 5.41 Å². The van der Waals surface area contributed by atoms with Crippen LogP contribution in [0, 0.1) is 5.41 Å². The largest absolute Gasteiger partial charge is 0.371 e. The van der Waals surface area contributed by atoms with Crippen LogP contribution in [-0.4, -0.2) is 19.4 Å². The zero-order chi connectivity index (χ0) is 12.7. The van der Waals surface area contributed by atoms with Crippen molar-refractivity contribution < 1.29 is 4.79 Å². The summed E-state index contributed by atoms with van der Waals surface area (Å²) in [5, 5.41) is 0. The molecular weight excluding hydrogens is 210 g/mol. The van der Waals surface area contributed by atoms with Gasteiger partial charge in [-0.1, -0.05) is 45.4 Å². The second-order valence-electron chi connectivity index (χ2n) is 5.22. The number of hydrogen-bond donors (Lipinski definition) is 0. The molecule has 1 aromatic carbocycles. The highest BCUT2D eigenvalue weighted by Gasteiger charge is 2.20. The van der Waals surface area contributed by atoms with E-state index in [2.05, 4.69) is 24.0 Å². The fraction of sp³-hybridized carbons (Fsp3) is 0.533. The normalized spacial score (nSPS) is 11.2. The van der Waals surface area contributed by atoms with E-state index >= 15 is 0 Å². The standard InChI is InChI=1S/C15H23NO/c1-4-5-11-16(12-15(2,3)13-17)14-9-7-6-8-10-14/h6-10,13H,4-5,11-12H2,1-3H3. The molecule has 2 heteroatoms. The lowest BCUT2D eigenvalue weighted by Crippen LogP contribution is -2.36. The molecule has 0 fully saturated rings. The Hall–Kier alpha value is -1.31. The van der Waals surface area contributed by atoms with Crippen LogP contribution in [0.2, 0.25) is 0 Å². The SMILES string of the molecule is CCCCN(CC(C)(C)C=O)c1ccccc1. The van der Waals surface area contributed by atoms with Crippen molar-refractivity contribution in [3.05, 3.63) is 30.3 Å². The third-order valence-corrected chi connectivity index (χ3v) is 2.82. The minimum atomic E-state index is -0.288. The van der Waals surface area contributed by atoms with Gasteiger partial charge in [0.25, 0.3) is 0 Å². The van der Waals surface area contributed by atoms with Crippen LogP contribution in [0.25, 0.3) is 0 Å². The Morgan fingerprint density at radius 2 is 1.88 bits per heavy atom. The topological polar surface area (TPSA) is 20.3 Å². The first kappa shape index (κ1) is 13.8. The average Bonchev–Trinajstić information content (AvgIpc) is 2.35. The lowest BCUT2D eigenvalue weighted by molar-refractivity contribution is -0.114. The van der Waals surface area contributed by atoms with Crippen LogP contribution in [0.1, 0.15) is 33.6 Å². The molecule has 2 nitrogen and oxygen atoms in total. The molecule has 0 amide bonds. The van der Waals surface area contributed by atoms with Crippen LogP contribution < -0.4 is 4.90 Å². The molecular formula is C15H23NO. The van der Waals surface area contributed by atoms with Crippen molar-refractivity contribution in [3.8, 4) is 0 Å². The highest BCUT2D eigenvalue weighted by molar-refractivity contribution is 5.60. The molecule has 0 radical (unpaired) electrons. The van der Waals surface area contributed by atoms with Gasteiger partial charge in [0.2, 0.25) is 0 Å². The van der Waals surface area contributed by atoms with Crippen LogP contribution in [0.5, 0.6) is 0 Å². The highest BCUT2D eigenvalue weighted by Crippen LogP contribution is 2.20. The second-order valence-corrected chi connectivity index (χ2v) is 5.22. The molecule has 0 bridgehead atoms. The highest BCUT2D eigenvalue weighted by atomic mass is 16.1. The number of para-hydroxylation sites is 1. The van der Waals surface area contributed by atoms with Crippen molar-refractivity contribution in [2.75, 3.05) is 18.0 Å². The molecule has 1 aromatic rings. The summed E-state index contributed by atoms with van der Waals surface area (Å²) in [7, 11) is 0. The molecule has 0 aromatic heterocycles. The quantitative estimate of drug-likeness (QED) is 0.672. The van der Waals surface area contributed by atoms with Gasteiger partial charge in [0.1, 0.15) is 6.29 Å². The third-order valence-electron chi connectivity index (χ3n) is 2.82. The predicted molar refractivity (Wildman–Crippen MR) is 73.4 cm³/mol. The summed E-state index contributed by atoms with van der Waals surface area (Å²) in [6.07, 6.45) is 3.38. The van der Waals surface area contributed by atoms with E-state index in [9.17, 15) is 4.79 Å². The molecule has 0 heterocycles. The van der Waals surface area contributed by atoms with Gasteiger partial charge in [-0.25, -0.2) is 0 Å². The van der Waals surface area contributed by atoms with Crippen molar-refractivity contribution in [1.82, 2.24) is 0 Å². The lowest BCUT2D eigenvalue weighted by atomic mass is 9.94. The Kier molecular flexibility index (Phi) is 5.20. The van der Waals surface area contributed by atoms with Gasteiger partial charge >= 0.3 is 0 Å². The number of rotatable bonds is 7. The zero-order valence-corrected chi connectivity index (χ0v) is 11.1. The number of carbonyl (C=O) groups is 1. The Balaban J connectivity index is 2.77. The Morgan fingerprint density at radius 1 is 1.24 bits per heavy atom. The molecule has 0 saturated carbocycles. The van der Waals surface area contributed by atoms with Gasteiger partial charge in [0.05, 0.1) is 0 Å². The summed E-state index contributed by atoms with van der Waals surface area (Å²) in [5.41, 5.74) is 0.916. The molecule has 0 aliphatic heterocycles. The molecule has 0 unspecified atom stereocenters. The summed E-state index contributed by atoms with van der Waals surface area (Å²) in [6.45, 7) is 7.95. The number of aldehydes is 1. The number of nitrogens with zero attached hydrogens (tertiary/aromatic N) is 1. The minimum Gasteiger partial charge on any atom is -0.371 e. The summed E-state index contributed by atoms with van der Waals surface area (Å²) in [6, 6.07) is 10.3. The van der Waals surface area contributed by atoms with Crippen LogP contribution in [0.4, 0.5) is 5.69 Å². The maximum atomic E-state index is 11.0. The van der Waals surface area contributed by atoms with Crippen LogP contribution >= 0.6 is 0 Å². The number of hydrogen-bond acceptors (Lipinski definition) is 2. The third kappa shape index (κ3) is 4.59. The molecule has 94 valence electrons. The maximum absolute atomic E-state index is 11.0. The van der Waals surface area contributed by atoms with E-state index in [1.165, 1.54) is 12.1 Å². The summed E-state index contributed by atoms with van der Waals surface area (Å²) in [5.74, 6) is 0. The Labute approximate surface area is 105 Å². The number of anilines is 1. The number of benzene rings is 1. The van der Waals surface area contributed by atoms with Crippen molar-refractivity contribution in [1.29, 1.82) is 0 Å². The number of carbonyl (C=O) groups excluding carboxylic acids is 1. The van der Waals surface area contributed by atoms with Gasteiger partial charge in [-0.2, -0.15) is 0 Å². The Morgan fingerprint density at radius 3 is 2.41 bits per heavy atom.